The molecule has 2 aromatic heterocycles. The number of halogens is 1. The summed E-state index contributed by atoms with van der Waals surface area (Å²) in [6.45, 7) is 0.201. The highest BCUT2D eigenvalue weighted by molar-refractivity contribution is 6.29. The molecule has 1 N–H and O–H groups in total. The van der Waals surface area contributed by atoms with E-state index in [0.717, 1.165) is 17.8 Å². The van der Waals surface area contributed by atoms with Crippen molar-refractivity contribution < 1.29 is 14.1 Å². The molecule has 0 radical (unpaired) electrons. The Morgan fingerprint density at radius 1 is 1.58 bits per heavy atom. The Morgan fingerprint density at radius 2 is 2.37 bits per heavy atom. The van der Waals surface area contributed by atoms with Gasteiger partial charge in [0.2, 0.25) is 0 Å². The summed E-state index contributed by atoms with van der Waals surface area (Å²) in [5.41, 5.74) is 0.221. The molecule has 0 spiro atoms. The van der Waals surface area contributed by atoms with Crippen molar-refractivity contribution >= 4 is 23.2 Å². The van der Waals surface area contributed by atoms with Crippen LogP contribution in [0.2, 0.25) is 5.15 Å². The highest BCUT2D eigenvalue weighted by atomic mass is 35.5. The van der Waals surface area contributed by atoms with Crippen molar-refractivity contribution in [2.45, 2.75) is 6.54 Å². The predicted molar refractivity (Wildman–Crippen MR) is 65.8 cm³/mol. The Kier molecular flexibility index (Phi) is 3.76. The second-order valence-electron chi connectivity index (χ2n) is 3.60. The zero-order valence-corrected chi connectivity index (χ0v) is 10.3. The lowest BCUT2D eigenvalue weighted by molar-refractivity contribution is -0.385. The third kappa shape index (κ3) is 3.08. The monoisotopic (exact) mass is 281 g/mol. The van der Waals surface area contributed by atoms with Gasteiger partial charge in [-0.1, -0.05) is 11.6 Å². The number of amides is 1. The largest absolute Gasteiger partial charge is 0.472 e. The Hall–Kier alpha value is -2.41. The van der Waals surface area contributed by atoms with Crippen LogP contribution in [0.3, 0.4) is 0 Å². The number of pyridine rings is 1. The lowest BCUT2D eigenvalue weighted by Crippen LogP contribution is -2.23. The molecule has 0 aliphatic rings. The van der Waals surface area contributed by atoms with E-state index in [2.05, 4.69) is 10.3 Å². The second kappa shape index (κ2) is 5.49. The third-order valence-electron chi connectivity index (χ3n) is 2.32. The average molecular weight is 282 g/mol. The van der Waals surface area contributed by atoms with Crippen LogP contribution in [0, 0.1) is 10.1 Å². The summed E-state index contributed by atoms with van der Waals surface area (Å²) < 4.78 is 4.84. The van der Waals surface area contributed by atoms with Gasteiger partial charge in [-0.15, -0.1) is 0 Å². The molecule has 19 heavy (non-hydrogen) atoms. The molecule has 0 fully saturated rings. The molecule has 0 aliphatic carbocycles. The average Bonchev–Trinajstić information content (AvgIpc) is 2.88. The molecule has 0 saturated heterocycles. The van der Waals surface area contributed by atoms with Gasteiger partial charge in [0.25, 0.3) is 11.6 Å². The summed E-state index contributed by atoms with van der Waals surface area (Å²) in [6, 6.07) is 2.83. The number of nitrogens with one attached hydrogen (secondary N) is 1. The van der Waals surface area contributed by atoms with Gasteiger partial charge in [-0.05, 0) is 12.1 Å². The molecule has 1 amide bonds. The molecule has 2 aromatic rings. The van der Waals surface area contributed by atoms with Crippen LogP contribution in [0.25, 0.3) is 0 Å². The van der Waals surface area contributed by atoms with E-state index in [1.165, 1.54) is 12.5 Å². The summed E-state index contributed by atoms with van der Waals surface area (Å²) in [6.07, 6.45) is 3.89. The lowest BCUT2D eigenvalue weighted by atomic mass is 10.2. The summed E-state index contributed by atoms with van der Waals surface area (Å²) in [5.74, 6) is -0.600. The molecule has 0 aliphatic heterocycles. The smallest absolute Gasteiger partial charge is 0.300 e. The van der Waals surface area contributed by atoms with Crippen molar-refractivity contribution in [1.82, 2.24) is 10.3 Å². The fourth-order valence-electron chi connectivity index (χ4n) is 1.42. The summed E-state index contributed by atoms with van der Waals surface area (Å²) >= 11 is 5.64. The fraction of sp³-hybridized carbons (Fsp3) is 0.0909. The first-order valence-corrected chi connectivity index (χ1v) is 5.55. The highest BCUT2D eigenvalue weighted by Crippen LogP contribution is 2.20. The van der Waals surface area contributed by atoms with Gasteiger partial charge in [-0.3, -0.25) is 14.9 Å². The SMILES string of the molecule is O=C(NCc1ccoc1)c1cc(Cl)ncc1[N+](=O)[O-]. The molecule has 2 heterocycles. The second-order valence-corrected chi connectivity index (χ2v) is 3.98. The van der Waals surface area contributed by atoms with Gasteiger partial charge in [0.15, 0.2) is 0 Å². The fourth-order valence-corrected chi connectivity index (χ4v) is 1.58. The number of carbonyl (C=O) groups excluding carboxylic acids is 1. The van der Waals surface area contributed by atoms with Crippen LogP contribution in [-0.4, -0.2) is 15.8 Å². The Bertz CT molecular complexity index is 612. The van der Waals surface area contributed by atoms with Crippen molar-refractivity contribution in [2.24, 2.45) is 0 Å². The molecule has 98 valence electrons. The lowest BCUT2D eigenvalue weighted by Gasteiger charge is -2.04. The number of hydrogen-bond acceptors (Lipinski definition) is 5. The number of aromatic nitrogens is 1. The molecule has 0 atom stereocenters. The third-order valence-corrected chi connectivity index (χ3v) is 2.53. The molecule has 0 aromatic carbocycles. The summed E-state index contributed by atoms with van der Waals surface area (Å²) in [4.78, 5) is 25.6. The molecule has 0 bridgehead atoms. The molecule has 7 nitrogen and oxygen atoms in total. The van der Waals surface area contributed by atoms with E-state index in [1.54, 1.807) is 6.07 Å². The van der Waals surface area contributed by atoms with Gasteiger partial charge in [0.1, 0.15) is 16.9 Å². The molecular formula is C11H8ClN3O4. The van der Waals surface area contributed by atoms with Crippen LogP contribution in [-0.2, 0) is 6.54 Å². The maximum atomic E-state index is 11.9. The number of rotatable bonds is 4. The van der Waals surface area contributed by atoms with Gasteiger partial charge in [0.05, 0.1) is 17.4 Å². The van der Waals surface area contributed by atoms with Crippen LogP contribution < -0.4 is 5.32 Å². The van der Waals surface area contributed by atoms with Gasteiger partial charge in [-0.2, -0.15) is 0 Å². The Labute approximate surface area is 112 Å². The maximum Gasteiger partial charge on any atom is 0.300 e. The number of nitrogens with zero attached hydrogens (tertiary/aromatic N) is 2. The number of nitro groups is 1. The van der Waals surface area contributed by atoms with E-state index >= 15 is 0 Å². The van der Waals surface area contributed by atoms with Crippen LogP contribution in [0.4, 0.5) is 5.69 Å². The van der Waals surface area contributed by atoms with Crippen molar-refractivity contribution in [3.63, 3.8) is 0 Å². The van der Waals surface area contributed by atoms with Crippen LogP contribution in [0.1, 0.15) is 15.9 Å². The molecule has 0 unspecified atom stereocenters. The van der Waals surface area contributed by atoms with Gasteiger partial charge in [-0.25, -0.2) is 4.98 Å². The quantitative estimate of drug-likeness (QED) is 0.526. The zero-order valence-electron chi connectivity index (χ0n) is 9.50. The van der Waals surface area contributed by atoms with E-state index < -0.39 is 16.5 Å². The van der Waals surface area contributed by atoms with Crippen molar-refractivity contribution in [3.05, 3.63) is 57.3 Å². The predicted octanol–water partition coefficient (Wildman–Crippen LogP) is 2.17. The minimum absolute atomic E-state index is 0.0130. The van der Waals surface area contributed by atoms with Crippen LogP contribution in [0.15, 0.2) is 35.3 Å². The first-order valence-electron chi connectivity index (χ1n) is 5.17. The minimum atomic E-state index is -0.684. The minimum Gasteiger partial charge on any atom is -0.472 e. The number of hydrogen-bond donors (Lipinski definition) is 1. The molecule has 8 heteroatoms. The van der Waals surface area contributed by atoms with E-state index in [1.807, 2.05) is 0 Å². The summed E-state index contributed by atoms with van der Waals surface area (Å²) in [7, 11) is 0. The first-order chi connectivity index (χ1) is 9.08. The molecule has 2 rings (SSSR count). The van der Waals surface area contributed by atoms with E-state index in [9.17, 15) is 14.9 Å². The van der Waals surface area contributed by atoms with Gasteiger partial charge < -0.3 is 9.73 Å². The topological polar surface area (TPSA) is 98.3 Å². The van der Waals surface area contributed by atoms with Crippen molar-refractivity contribution in [2.75, 3.05) is 0 Å². The van der Waals surface area contributed by atoms with E-state index in [4.69, 9.17) is 16.0 Å². The Morgan fingerprint density at radius 3 is 3.00 bits per heavy atom. The van der Waals surface area contributed by atoms with Crippen molar-refractivity contribution in [1.29, 1.82) is 0 Å². The zero-order chi connectivity index (χ0) is 13.8. The van der Waals surface area contributed by atoms with Crippen LogP contribution in [0.5, 0.6) is 0 Å². The van der Waals surface area contributed by atoms with Gasteiger partial charge >= 0.3 is 0 Å². The maximum absolute atomic E-state index is 11.9. The normalized spacial score (nSPS) is 10.2. The standard InChI is InChI=1S/C11H8ClN3O4/c12-10-3-8(9(5-13-10)15(17)18)11(16)14-4-7-1-2-19-6-7/h1-3,5-6H,4H2,(H,14,16). The van der Waals surface area contributed by atoms with Crippen molar-refractivity contribution in [3.8, 4) is 0 Å². The van der Waals surface area contributed by atoms with Gasteiger partial charge in [0, 0.05) is 12.1 Å². The number of furan rings is 1. The Balaban J connectivity index is 2.18. The first kappa shape index (κ1) is 13.0. The summed E-state index contributed by atoms with van der Waals surface area (Å²) in [5, 5.41) is 13.3. The van der Waals surface area contributed by atoms with E-state index in [-0.39, 0.29) is 17.3 Å². The molecule has 0 saturated carbocycles. The number of carbonyl (C=O) groups is 1. The van der Waals surface area contributed by atoms with Crippen LogP contribution >= 0.6 is 11.6 Å². The van der Waals surface area contributed by atoms with E-state index in [0.29, 0.717) is 0 Å². The molecular weight excluding hydrogens is 274 g/mol. The highest BCUT2D eigenvalue weighted by Gasteiger charge is 2.21.